The van der Waals surface area contributed by atoms with Crippen molar-refractivity contribution < 1.29 is 77.7 Å². The summed E-state index contributed by atoms with van der Waals surface area (Å²) in [6.07, 6.45) is 29.1. The molecule has 6 fully saturated rings. The van der Waals surface area contributed by atoms with Gasteiger partial charge in [-0.2, -0.15) is 0 Å². The van der Waals surface area contributed by atoms with Crippen LogP contribution < -0.4 is 89.8 Å². The van der Waals surface area contributed by atoms with Crippen LogP contribution >= 0.6 is 95.9 Å². The molecule has 6 saturated carbocycles. The molecule has 7 aromatic rings. The number of fused-ring (bicyclic) bond motifs is 14. The second kappa shape index (κ2) is 62.1. The molecule has 12 atom stereocenters. The van der Waals surface area contributed by atoms with Crippen molar-refractivity contribution in [3.05, 3.63) is 119 Å². The van der Waals surface area contributed by atoms with Crippen LogP contribution in [-0.4, -0.2) is 231 Å². The number of nitrogens with one attached hydrogen (secondary N) is 14. The second-order valence-electron chi connectivity index (χ2n) is 33.6. The number of thioether (sulfide) groups is 3. The van der Waals surface area contributed by atoms with E-state index < -0.39 is 24.1 Å². The number of para-hydroxylation sites is 2. The summed E-state index contributed by atoms with van der Waals surface area (Å²) >= 11 is 5.29. The van der Waals surface area contributed by atoms with Crippen LogP contribution in [0.15, 0.2) is 99.6 Å². The SMILES string of the molecule is NCCSc1cc2nc(c1)CN[C@@H]1CCCC[C@H]1NCCN[C@@H]1CCCC[C@H]1NC2.O=C(NCCSc1cc2nc(c1)CN[C@@H]1CCCC[C@H]1NCCN[C@@H]1CCCCC1NC2)OCCOC(=O)NCCSc1cc2nc(c1)CN[C@@H]1CCCC[C@H]1NCCN[C@@H]1CCCC[C@H]1NC2.O=C(On1nnc2ccccc21)C(=O)On1nnc2ccccc21.[Cl][Mn][Cl].[Cl][Mn][Cl].[Cl][Mn][Cl]. The number of amides is 2. The van der Waals surface area contributed by atoms with Gasteiger partial charge in [0.2, 0.25) is 0 Å². The van der Waals surface area contributed by atoms with Crippen LogP contribution in [0.4, 0.5) is 9.59 Å². The van der Waals surface area contributed by atoms with Crippen LogP contribution in [0, 0.1) is 0 Å². The summed E-state index contributed by atoms with van der Waals surface area (Å²) in [5, 5.41) is 66.8. The van der Waals surface area contributed by atoms with Gasteiger partial charge in [-0.25, -0.2) is 19.2 Å². The Morgan fingerprint density at radius 1 is 0.359 bits per heavy atom. The number of ether oxygens (including phenoxy) is 2. The first kappa shape index (κ1) is 107. The Labute approximate surface area is 827 Å². The van der Waals surface area contributed by atoms with E-state index in [9.17, 15) is 19.2 Å². The van der Waals surface area contributed by atoms with E-state index in [1.807, 2.05) is 11.8 Å². The number of carbonyl (C=O) groups is 4. The Morgan fingerprint density at radius 3 is 0.832 bits per heavy atom. The maximum absolute atomic E-state index is 12.5. The number of nitrogens with two attached hydrogens (primary N) is 1. The fourth-order valence-corrected chi connectivity index (χ4v) is 21.1. The summed E-state index contributed by atoms with van der Waals surface area (Å²) in [7, 11) is 28.8. The Morgan fingerprint density at radius 2 is 0.588 bits per heavy atom. The van der Waals surface area contributed by atoms with E-state index in [-0.39, 0.29) is 52.6 Å². The summed E-state index contributed by atoms with van der Waals surface area (Å²) in [4.78, 5) is 79.0. The number of carbonyl (C=O) groups excluding carboxylic acids is 4. The van der Waals surface area contributed by atoms with Crippen LogP contribution in [0.3, 0.4) is 0 Å². The first-order valence-corrected chi connectivity index (χ1v) is 58.9. The Bertz CT molecular complexity index is 4150. The van der Waals surface area contributed by atoms with Gasteiger partial charge in [0, 0.05) is 203 Å². The molecule has 6 bridgehead atoms. The summed E-state index contributed by atoms with van der Waals surface area (Å²) in [6, 6.07) is 32.8. The zero-order chi connectivity index (χ0) is 91.8. The minimum absolute atomic E-state index is 0.00694. The van der Waals surface area contributed by atoms with Gasteiger partial charge in [-0.15, -0.1) is 45.5 Å². The summed E-state index contributed by atoms with van der Waals surface area (Å²) < 4.78 is 10.6. The third-order valence-electron chi connectivity index (χ3n) is 24.8. The molecule has 9 aliphatic rings. The summed E-state index contributed by atoms with van der Waals surface area (Å²) in [5.74, 6) is -0.221. The molecular weight excluding hydrogens is 1980 g/mol. The first-order chi connectivity index (χ1) is 64.3. The van der Waals surface area contributed by atoms with Crippen molar-refractivity contribution in [1.29, 1.82) is 0 Å². The third kappa shape index (κ3) is 37.9. The number of nitrogens with zero attached hydrogens (tertiary/aromatic N) is 9. The van der Waals surface area contributed by atoms with Crippen LogP contribution in [0.5, 0.6) is 0 Å². The summed E-state index contributed by atoms with van der Waals surface area (Å²) in [5.41, 5.74) is 14.2. The number of benzene rings is 2. The van der Waals surface area contributed by atoms with Gasteiger partial charge >= 0.3 is 124 Å². The molecule has 0 saturated heterocycles. The van der Waals surface area contributed by atoms with Crippen molar-refractivity contribution in [3.63, 3.8) is 0 Å². The maximum atomic E-state index is 12.5. The molecule has 3 aliphatic heterocycles. The quantitative estimate of drug-likeness (QED) is 0.0140. The summed E-state index contributed by atoms with van der Waals surface area (Å²) in [6.45, 7) is 12.3. The van der Waals surface area contributed by atoms with E-state index in [1.54, 1.807) is 72.1 Å². The first-order valence-electron chi connectivity index (χ1n) is 46.2. The third-order valence-corrected chi connectivity index (χ3v) is 27.7. The number of hydrogen-bond donors (Lipinski definition) is 15. The predicted octanol–water partition coefficient (Wildman–Crippen LogP) is 10.8. The van der Waals surface area contributed by atoms with Gasteiger partial charge in [0.25, 0.3) is 0 Å². The molecule has 2 aromatic carbocycles. The Balaban J connectivity index is 0.000000213. The molecule has 0 radical (unpaired) electrons. The van der Waals surface area contributed by atoms with Crippen LogP contribution in [0.25, 0.3) is 22.1 Å². The number of halogens is 6. The van der Waals surface area contributed by atoms with Gasteiger partial charge in [-0.05, 0) is 148 Å². The van der Waals surface area contributed by atoms with Crippen molar-refractivity contribution in [3.8, 4) is 0 Å². The van der Waals surface area contributed by atoms with E-state index in [0.717, 1.165) is 138 Å². The van der Waals surface area contributed by atoms with E-state index in [2.05, 4.69) is 131 Å². The number of hydrogen-bond acceptors (Lipinski definition) is 31. The average Bonchev–Trinajstić information content (AvgIpc) is 1.65. The number of alkyl carbamates (subject to hydrolysis) is 2. The standard InChI is InChI=1S/C50H82N12O4S2.C23H40N6S.C14H8N6O4.6ClH.3Mn/c63-49(55-21-25-67-39-27-35-31-57-45-13-5-1-9-41(45)51-17-18-52-42-10-2-6-14-46(42)58-32-36(28-39)61-35)65-23-24-66-50(64)56-22-26-68-40-29-37-33-59-47-15-7-3-11-43(47)53-19-20-54-44-12-4-8-16-48(44)60-34-38(30-40)62-37;24-9-12-30-19-13-17-15-27-22-7-3-1-5-20(22)25-10-11-26-21-6-2-4-8-23(21)28-16-18(14-19)29-17;21-13(23-19-11-7-3-1-5-9(11)15-17-19)14(22)24-20-12-8-4-2-6-10(12)16-18-20;;;;;;;;;/h27-30,41-48,51-54,57-60H,1-26,31-34H2,(H,55,63)(H,56,64);13-14,20-23,25-28H,1-12,15-16,24H2;1-8H;6*1H;;;/q;;;;;;;;;3*+2/p-6/t41-,42-,43-,44-,45-,46-,47-,48?;20-,21-,22-,23-;;;;;;;;;;/m11........../s1. The molecule has 16 N–H and O–H groups in total. The molecule has 2 amide bonds. The normalized spacial score (nSPS) is 24.5. The van der Waals surface area contributed by atoms with Gasteiger partial charge in [-0.3, -0.25) is 15.0 Å². The molecular formula is C87H130Cl6Mn3N24O8S3. The van der Waals surface area contributed by atoms with Crippen molar-refractivity contribution in [2.45, 2.75) is 281 Å². The Kier molecular flexibility index (Phi) is 51.0. The van der Waals surface area contributed by atoms with E-state index in [0.29, 0.717) is 126 Å². The van der Waals surface area contributed by atoms with E-state index >= 15 is 0 Å². The fraction of sp³-hybridized carbons (Fsp3) is 0.644. The van der Waals surface area contributed by atoms with Crippen molar-refractivity contribution in [2.24, 2.45) is 5.73 Å². The van der Waals surface area contributed by atoms with Crippen LogP contribution in [-0.2, 0) is 97.7 Å². The zero-order valence-electron chi connectivity index (χ0n) is 74.1. The van der Waals surface area contributed by atoms with Crippen molar-refractivity contribution in [2.75, 3.05) is 89.4 Å². The average molecular weight is 2110 g/mol. The molecule has 727 valence electrons. The number of rotatable bonds is 16. The molecule has 16 rings (SSSR count). The Hall–Kier alpha value is -4.00. The van der Waals surface area contributed by atoms with E-state index in [1.165, 1.54) is 159 Å². The fourth-order valence-electron chi connectivity index (χ4n) is 18.6. The van der Waals surface area contributed by atoms with Crippen molar-refractivity contribution in [1.82, 2.24) is 120 Å². The van der Waals surface area contributed by atoms with Gasteiger partial charge in [0.15, 0.2) is 0 Å². The molecule has 44 heteroatoms. The topological polar surface area (TPSA) is 400 Å². The number of pyridine rings is 3. The van der Waals surface area contributed by atoms with Crippen molar-refractivity contribution >= 4 is 142 Å². The molecule has 6 aliphatic carbocycles. The minimum atomic E-state index is -1.27. The van der Waals surface area contributed by atoms with Crippen LogP contribution in [0.1, 0.15) is 188 Å². The molecule has 1 unspecified atom stereocenters. The molecule has 8 heterocycles. The molecule has 32 nitrogen and oxygen atoms in total. The van der Waals surface area contributed by atoms with E-state index in [4.69, 9.17) is 100 Å². The van der Waals surface area contributed by atoms with Gasteiger partial charge in [0.05, 0.1) is 34.2 Å². The monoisotopic (exact) mass is 2110 g/mol. The predicted molar refractivity (Wildman–Crippen MR) is 511 cm³/mol. The molecule has 0 spiro atoms. The van der Waals surface area contributed by atoms with Gasteiger partial charge in [-0.1, -0.05) is 111 Å². The molecule has 131 heavy (non-hydrogen) atoms. The molecule has 5 aromatic heterocycles. The van der Waals surface area contributed by atoms with Gasteiger partial charge < -0.3 is 99.3 Å². The van der Waals surface area contributed by atoms with Gasteiger partial charge in [0.1, 0.15) is 35.3 Å². The van der Waals surface area contributed by atoms with Crippen LogP contribution in [0.2, 0.25) is 0 Å². The number of aromatic nitrogens is 9. The second-order valence-corrected chi connectivity index (χ2v) is 43.0. The zero-order valence-corrected chi connectivity index (χ0v) is 84.6.